The maximum Gasteiger partial charge on any atom is 0.261 e. The summed E-state index contributed by atoms with van der Waals surface area (Å²) in [6.45, 7) is 0.0714. The van der Waals surface area contributed by atoms with E-state index in [4.69, 9.17) is 5.73 Å². The lowest BCUT2D eigenvalue weighted by atomic mass is 10.1. The molecule has 0 saturated carbocycles. The van der Waals surface area contributed by atoms with E-state index in [1.165, 1.54) is 6.21 Å². The topological polar surface area (TPSA) is 87.8 Å². The molecule has 0 aromatic heterocycles. The summed E-state index contributed by atoms with van der Waals surface area (Å²) in [4.78, 5) is 24.9. The van der Waals surface area contributed by atoms with Gasteiger partial charge in [0, 0.05) is 6.21 Å². The number of nitrogens with two attached hydrogens (primary N) is 1. The first-order valence-electron chi connectivity index (χ1n) is 5.13. The molecule has 0 spiro atoms. The van der Waals surface area contributed by atoms with Crippen molar-refractivity contribution >= 4 is 35.4 Å². The number of hydrogen-bond donors (Lipinski definition) is 2. The highest BCUT2D eigenvalue weighted by atomic mass is 32.1. The second-order valence-corrected chi connectivity index (χ2v) is 3.99. The van der Waals surface area contributed by atoms with Crippen LogP contribution in [-0.2, 0) is 0 Å². The van der Waals surface area contributed by atoms with Crippen LogP contribution in [0.15, 0.2) is 29.4 Å². The van der Waals surface area contributed by atoms with Crippen molar-refractivity contribution in [2.45, 2.75) is 0 Å². The molecule has 0 fully saturated rings. The van der Waals surface area contributed by atoms with Crippen LogP contribution in [0.2, 0.25) is 0 Å². The van der Waals surface area contributed by atoms with E-state index in [1.54, 1.807) is 24.3 Å². The molecular formula is C11H10N4O2S. The Kier molecular flexibility index (Phi) is 3.33. The van der Waals surface area contributed by atoms with Gasteiger partial charge in [-0.25, -0.2) is 0 Å². The van der Waals surface area contributed by atoms with Crippen molar-refractivity contribution < 1.29 is 9.59 Å². The molecule has 18 heavy (non-hydrogen) atoms. The van der Waals surface area contributed by atoms with E-state index in [-0.39, 0.29) is 23.5 Å². The maximum atomic E-state index is 11.9. The van der Waals surface area contributed by atoms with Crippen LogP contribution < -0.4 is 11.2 Å². The van der Waals surface area contributed by atoms with Gasteiger partial charge in [-0.15, -0.1) is 0 Å². The van der Waals surface area contributed by atoms with Gasteiger partial charge in [0.1, 0.15) is 0 Å². The second kappa shape index (κ2) is 4.92. The average Bonchev–Trinajstić information content (AvgIpc) is 2.59. The van der Waals surface area contributed by atoms with E-state index in [0.717, 1.165) is 4.90 Å². The number of hydrazone groups is 1. The molecule has 2 rings (SSSR count). The first kappa shape index (κ1) is 12.2. The summed E-state index contributed by atoms with van der Waals surface area (Å²) in [5, 5.41) is 3.70. The third kappa shape index (κ3) is 2.21. The normalized spacial score (nSPS) is 14.1. The van der Waals surface area contributed by atoms with Crippen molar-refractivity contribution in [2.75, 3.05) is 6.54 Å². The summed E-state index contributed by atoms with van der Waals surface area (Å²) < 4.78 is 0. The van der Waals surface area contributed by atoms with Crippen LogP contribution in [0.5, 0.6) is 0 Å². The number of hydrogen-bond acceptors (Lipinski definition) is 4. The van der Waals surface area contributed by atoms with Gasteiger partial charge in [-0.05, 0) is 24.4 Å². The third-order valence-corrected chi connectivity index (χ3v) is 2.50. The number of carbonyl (C=O) groups is 2. The number of nitrogens with zero attached hydrogens (tertiary/aromatic N) is 2. The molecule has 0 bridgehead atoms. The van der Waals surface area contributed by atoms with Crippen LogP contribution in [0.1, 0.15) is 20.7 Å². The summed E-state index contributed by atoms with van der Waals surface area (Å²) in [5.74, 6) is -0.644. The molecule has 0 radical (unpaired) electrons. The highest BCUT2D eigenvalue weighted by Gasteiger charge is 2.34. The van der Waals surface area contributed by atoms with Gasteiger partial charge in [0.2, 0.25) is 0 Å². The zero-order valence-corrected chi connectivity index (χ0v) is 10.1. The Balaban J connectivity index is 2.09. The fourth-order valence-electron chi connectivity index (χ4n) is 1.64. The minimum Gasteiger partial charge on any atom is -0.375 e. The van der Waals surface area contributed by atoms with Crippen LogP contribution in [0.4, 0.5) is 0 Å². The number of benzene rings is 1. The molecule has 0 saturated heterocycles. The van der Waals surface area contributed by atoms with Gasteiger partial charge in [0.05, 0.1) is 17.7 Å². The molecule has 1 heterocycles. The molecule has 1 aromatic carbocycles. The minimum atomic E-state index is -0.322. The lowest BCUT2D eigenvalue weighted by molar-refractivity contribution is 0.0679. The van der Waals surface area contributed by atoms with Crippen molar-refractivity contribution in [1.82, 2.24) is 10.3 Å². The molecule has 92 valence electrons. The molecule has 2 amide bonds. The van der Waals surface area contributed by atoms with Gasteiger partial charge in [0.25, 0.3) is 11.8 Å². The molecule has 3 N–H and O–H groups in total. The predicted octanol–water partition coefficient (Wildman–Crippen LogP) is 0.102. The van der Waals surface area contributed by atoms with Crippen molar-refractivity contribution in [3.05, 3.63) is 35.4 Å². The highest BCUT2D eigenvalue weighted by Crippen LogP contribution is 2.21. The SMILES string of the molecule is NC(=S)N/N=C/CN1C(=O)c2ccccc2C1=O. The number of amides is 2. The van der Waals surface area contributed by atoms with Gasteiger partial charge in [-0.1, -0.05) is 12.1 Å². The Hall–Kier alpha value is -2.28. The van der Waals surface area contributed by atoms with Crippen LogP contribution in [0.25, 0.3) is 0 Å². The summed E-state index contributed by atoms with van der Waals surface area (Å²) in [6.07, 6.45) is 1.36. The van der Waals surface area contributed by atoms with Crippen molar-refractivity contribution in [3.63, 3.8) is 0 Å². The zero-order valence-electron chi connectivity index (χ0n) is 9.29. The summed E-state index contributed by atoms with van der Waals surface area (Å²) in [7, 11) is 0. The van der Waals surface area contributed by atoms with Crippen molar-refractivity contribution in [3.8, 4) is 0 Å². The van der Waals surface area contributed by atoms with E-state index in [9.17, 15) is 9.59 Å². The molecule has 1 aliphatic rings. The van der Waals surface area contributed by atoms with Crippen LogP contribution >= 0.6 is 12.2 Å². The number of thiocarbonyl (C=S) groups is 1. The molecule has 1 aliphatic heterocycles. The largest absolute Gasteiger partial charge is 0.375 e. The number of carbonyl (C=O) groups excluding carboxylic acids is 2. The molecule has 0 atom stereocenters. The van der Waals surface area contributed by atoms with E-state index < -0.39 is 0 Å². The number of nitrogens with one attached hydrogen (secondary N) is 1. The van der Waals surface area contributed by atoms with E-state index >= 15 is 0 Å². The van der Waals surface area contributed by atoms with Crippen LogP contribution in [-0.4, -0.2) is 34.6 Å². The first-order chi connectivity index (χ1) is 8.61. The molecule has 1 aromatic rings. The van der Waals surface area contributed by atoms with Gasteiger partial charge >= 0.3 is 0 Å². The number of rotatable bonds is 3. The Labute approximate surface area is 108 Å². The smallest absolute Gasteiger partial charge is 0.261 e. The van der Waals surface area contributed by atoms with Crippen molar-refractivity contribution in [2.24, 2.45) is 10.8 Å². The Morgan fingerprint density at radius 1 is 1.33 bits per heavy atom. The van der Waals surface area contributed by atoms with Crippen LogP contribution in [0, 0.1) is 0 Å². The predicted molar refractivity (Wildman–Crippen MR) is 70.2 cm³/mol. The van der Waals surface area contributed by atoms with Crippen LogP contribution in [0.3, 0.4) is 0 Å². The quantitative estimate of drug-likeness (QED) is 0.349. The second-order valence-electron chi connectivity index (χ2n) is 3.55. The van der Waals surface area contributed by atoms with Gasteiger partial charge < -0.3 is 5.73 Å². The highest BCUT2D eigenvalue weighted by molar-refractivity contribution is 7.80. The fourth-order valence-corrected chi connectivity index (χ4v) is 1.69. The van der Waals surface area contributed by atoms with E-state index in [2.05, 4.69) is 22.7 Å². The Morgan fingerprint density at radius 3 is 2.39 bits per heavy atom. The molecule has 0 aliphatic carbocycles. The fraction of sp³-hybridized carbons (Fsp3) is 0.0909. The minimum absolute atomic E-state index is 0.0219. The van der Waals surface area contributed by atoms with Gasteiger partial charge in [-0.3, -0.25) is 19.9 Å². The lowest BCUT2D eigenvalue weighted by Gasteiger charge is -2.09. The molecule has 6 nitrogen and oxygen atoms in total. The first-order valence-corrected chi connectivity index (χ1v) is 5.54. The van der Waals surface area contributed by atoms with Crippen molar-refractivity contribution in [1.29, 1.82) is 0 Å². The third-order valence-electron chi connectivity index (χ3n) is 2.41. The van der Waals surface area contributed by atoms with Gasteiger partial charge in [-0.2, -0.15) is 5.10 Å². The molecular weight excluding hydrogens is 252 g/mol. The maximum absolute atomic E-state index is 11.9. The van der Waals surface area contributed by atoms with E-state index in [1.807, 2.05) is 0 Å². The summed E-state index contributed by atoms with van der Waals surface area (Å²) in [6, 6.07) is 6.69. The van der Waals surface area contributed by atoms with E-state index in [0.29, 0.717) is 11.1 Å². The zero-order chi connectivity index (χ0) is 13.1. The number of fused-ring (bicyclic) bond motifs is 1. The monoisotopic (exact) mass is 262 g/mol. The standard InChI is InChI=1S/C11H10N4O2S/c12-11(18)14-13-5-6-15-9(16)7-3-1-2-4-8(7)10(15)17/h1-5H,6H2,(H3,12,14,18)/b13-5+. The summed E-state index contributed by atoms with van der Waals surface area (Å²) in [5.41, 5.74) is 8.35. The number of imide groups is 1. The molecule has 7 heteroatoms. The molecule has 0 unspecified atom stereocenters. The lowest BCUT2D eigenvalue weighted by Crippen LogP contribution is -2.32. The Morgan fingerprint density at radius 2 is 1.89 bits per heavy atom. The Bertz CT molecular complexity index is 521. The average molecular weight is 262 g/mol. The summed E-state index contributed by atoms with van der Waals surface area (Å²) >= 11 is 4.55. The van der Waals surface area contributed by atoms with Gasteiger partial charge in [0.15, 0.2) is 5.11 Å².